The van der Waals surface area contributed by atoms with Gasteiger partial charge in [-0.3, -0.25) is 9.55 Å². The van der Waals surface area contributed by atoms with Crippen LogP contribution in [-0.4, -0.2) is 19.5 Å². The number of nitrogens with two attached hydrogens (primary N) is 1. The summed E-state index contributed by atoms with van der Waals surface area (Å²) >= 11 is 0. The highest BCUT2D eigenvalue weighted by Gasteiger charge is 2.33. The summed E-state index contributed by atoms with van der Waals surface area (Å²) in [5, 5.41) is 20.4. The van der Waals surface area contributed by atoms with Crippen molar-refractivity contribution in [1.82, 2.24) is 14.5 Å². The Morgan fingerprint density at radius 2 is 2.33 bits per heavy atom. The molecule has 1 aliphatic rings. The third-order valence-corrected chi connectivity index (χ3v) is 3.62. The number of aromatic nitrogens is 3. The van der Waals surface area contributed by atoms with Crippen LogP contribution in [0, 0.1) is 21.4 Å². The highest BCUT2D eigenvalue weighted by molar-refractivity contribution is 5.67. The van der Waals surface area contributed by atoms with Crippen molar-refractivity contribution in [3.8, 4) is 6.07 Å². The summed E-state index contributed by atoms with van der Waals surface area (Å²) in [6.07, 6.45) is 5.79. The standard InChI is InChI=1S/C15H12N6O3/c1-9-14(20-7-12(19-8-20)21(22)23)13(10-3-2-4-18-6-10)11(5-16)15(17)24-9/h2-4,6-8,13H,17H2,1H3. The van der Waals surface area contributed by atoms with Gasteiger partial charge in [0, 0.05) is 12.4 Å². The number of hydrogen-bond acceptors (Lipinski definition) is 7. The number of nitriles is 1. The van der Waals surface area contributed by atoms with E-state index in [4.69, 9.17) is 10.5 Å². The molecule has 1 unspecified atom stereocenters. The molecular formula is C15H12N6O3. The molecule has 0 aromatic carbocycles. The molecular weight excluding hydrogens is 312 g/mol. The molecule has 2 aromatic heterocycles. The minimum absolute atomic E-state index is 0.00205. The number of rotatable bonds is 3. The molecule has 9 heteroatoms. The largest absolute Gasteiger partial charge is 0.443 e. The lowest BCUT2D eigenvalue weighted by molar-refractivity contribution is -0.389. The summed E-state index contributed by atoms with van der Waals surface area (Å²) in [7, 11) is 0. The van der Waals surface area contributed by atoms with Crippen molar-refractivity contribution in [3.63, 3.8) is 0 Å². The van der Waals surface area contributed by atoms with Crippen molar-refractivity contribution in [2.75, 3.05) is 0 Å². The fourth-order valence-electron chi connectivity index (χ4n) is 2.61. The maximum atomic E-state index is 10.9. The average molecular weight is 324 g/mol. The van der Waals surface area contributed by atoms with Crippen molar-refractivity contribution < 1.29 is 9.66 Å². The first-order valence-corrected chi connectivity index (χ1v) is 6.90. The quantitative estimate of drug-likeness (QED) is 0.673. The number of imidazole rings is 1. The summed E-state index contributed by atoms with van der Waals surface area (Å²) in [5.41, 5.74) is 7.29. The fourth-order valence-corrected chi connectivity index (χ4v) is 2.61. The molecule has 0 spiro atoms. The Hall–Kier alpha value is -3.67. The summed E-state index contributed by atoms with van der Waals surface area (Å²) < 4.78 is 6.92. The normalized spacial score (nSPS) is 17.4. The second-order valence-corrected chi connectivity index (χ2v) is 5.05. The Morgan fingerprint density at radius 1 is 1.54 bits per heavy atom. The van der Waals surface area contributed by atoms with Crippen molar-refractivity contribution >= 4 is 11.5 Å². The first kappa shape index (κ1) is 15.2. The maximum absolute atomic E-state index is 10.9. The second kappa shape index (κ2) is 5.85. The third kappa shape index (κ3) is 2.46. The fraction of sp³-hybridized carbons (Fsp3) is 0.133. The van der Waals surface area contributed by atoms with E-state index < -0.39 is 10.8 Å². The van der Waals surface area contributed by atoms with E-state index >= 15 is 0 Å². The van der Waals surface area contributed by atoms with Crippen LogP contribution in [0.5, 0.6) is 0 Å². The average Bonchev–Trinajstić information content (AvgIpc) is 3.05. The molecule has 0 fully saturated rings. The van der Waals surface area contributed by atoms with Crippen LogP contribution in [0.2, 0.25) is 0 Å². The molecule has 3 heterocycles. The van der Waals surface area contributed by atoms with Crippen LogP contribution in [0.4, 0.5) is 5.82 Å². The number of hydrogen-bond donors (Lipinski definition) is 1. The molecule has 24 heavy (non-hydrogen) atoms. The second-order valence-electron chi connectivity index (χ2n) is 5.05. The minimum Gasteiger partial charge on any atom is -0.443 e. The Balaban J connectivity index is 2.19. The lowest BCUT2D eigenvalue weighted by atomic mass is 9.87. The van der Waals surface area contributed by atoms with E-state index in [-0.39, 0.29) is 17.3 Å². The highest BCUT2D eigenvalue weighted by atomic mass is 16.6. The van der Waals surface area contributed by atoms with E-state index in [1.54, 1.807) is 31.5 Å². The monoisotopic (exact) mass is 324 g/mol. The predicted octanol–water partition coefficient (Wildman–Crippen LogP) is 1.88. The first-order chi connectivity index (χ1) is 11.5. The van der Waals surface area contributed by atoms with E-state index in [0.717, 1.165) is 0 Å². The van der Waals surface area contributed by atoms with Gasteiger partial charge in [-0.05, 0) is 28.5 Å². The van der Waals surface area contributed by atoms with Gasteiger partial charge in [-0.25, -0.2) is 0 Å². The number of pyridine rings is 1. The Labute approximate surface area is 136 Å². The van der Waals surface area contributed by atoms with Gasteiger partial charge in [-0.15, -0.1) is 0 Å². The molecule has 2 N–H and O–H groups in total. The van der Waals surface area contributed by atoms with E-state index in [1.165, 1.54) is 17.1 Å². The van der Waals surface area contributed by atoms with Gasteiger partial charge in [-0.1, -0.05) is 6.07 Å². The molecule has 0 radical (unpaired) electrons. The number of nitro groups is 1. The van der Waals surface area contributed by atoms with E-state index in [2.05, 4.69) is 16.0 Å². The molecule has 1 atom stereocenters. The Bertz CT molecular complexity index is 907. The molecule has 120 valence electrons. The van der Waals surface area contributed by atoms with E-state index in [1.807, 2.05) is 0 Å². The Kier molecular flexibility index (Phi) is 3.71. The van der Waals surface area contributed by atoms with Gasteiger partial charge in [-0.2, -0.15) is 5.26 Å². The van der Waals surface area contributed by atoms with Gasteiger partial charge >= 0.3 is 5.82 Å². The molecule has 0 bridgehead atoms. The van der Waals surface area contributed by atoms with Crippen LogP contribution in [0.3, 0.4) is 0 Å². The van der Waals surface area contributed by atoms with Crippen molar-refractivity contribution in [1.29, 1.82) is 5.26 Å². The van der Waals surface area contributed by atoms with Gasteiger partial charge in [0.15, 0.2) is 0 Å². The SMILES string of the molecule is CC1=C(n2cnc([N+](=O)[O-])c2)C(c2cccnc2)C(C#N)=C(N)O1. The molecule has 0 aliphatic carbocycles. The molecule has 3 rings (SSSR count). The number of allylic oxidation sites excluding steroid dienone is 3. The summed E-state index contributed by atoms with van der Waals surface area (Å²) in [4.78, 5) is 18.1. The van der Waals surface area contributed by atoms with Crippen LogP contribution in [0.1, 0.15) is 18.4 Å². The van der Waals surface area contributed by atoms with Gasteiger partial charge < -0.3 is 20.6 Å². The zero-order valence-electron chi connectivity index (χ0n) is 12.6. The highest BCUT2D eigenvalue weighted by Crippen LogP contribution is 2.41. The summed E-state index contributed by atoms with van der Waals surface area (Å²) in [6.45, 7) is 1.67. The third-order valence-electron chi connectivity index (χ3n) is 3.62. The van der Waals surface area contributed by atoms with Gasteiger partial charge in [0.25, 0.3) is 0 Å². The molecule has 0 saturated heterocycles. The predicted molar refractivity (Wildman–Crippen MR) is 82.7 cm³/mol. The zero-order chi connectivity index (χ0) is 17.3. The number of ether oxygens (including phenoxy) is 1. The Morgan fingerprint density at radius 3 is 2.92 bits per heavy atom. The van der Waals surface area contributed by atoms with Gasteiger partial charge in [0.05, 0.1) is 11.6 Å². The lowest BCUT2D eigenvalue weighted by Gasteiger charge is -2.27. The molecule has 0 saturated carbocycles. The number of nitrogens with zero attached hydrogens (tertiary/aromatic N) is 5. The summed E-state index contributed by atoms with van der Waals surface area (Å²) in [6, 6.07) is 5.59. The smallest absolute Gasteiger partial charge is 0.381 e. The topological polar surface area (TPSA) is 133 Å². The minimum atomic E-state index is -0.593. The van der Waals surface area contributed by atoms with Crippen molar-refractivity contribution in [2.24, 2.45) is 5.73 Å². The molecule has 0 amide bonds. The first-order valence-electron chi connectivity index (χ1n) is 6.90. The lowest BCUT2D eigenvalue weighted by Crippen LogP contribution is -2.21. The molecule has 2 aromatic rings. The van der Waals surface area contributed by atoms with Gasteiger partial charge in [0.1, 0.15) is 23.6 Å². The van der Waals surface area contributed by atoms with Crippen LogP contribution in [0.25, 0.3) is 5.70 Å². The van der Waals surface area contributed by atoms with Gasteiger partial charge in [0.2, 0.25) is 12.2 Å². The van der Waals surface area contributed by atoms with Crippen LogP contribution in [0.15, 0.2) is 54.3 Å². The maximum Gasteiger partial charge on any atom is 0.381 e. The van der Waals surface area contributed by atoms with Crippen molar-refractivity contribution in [2.45, 2.75) is 12.8 Å². The molecule has 1 aliphatic heterocycles. The van der Waals surface area contributed by atoms with Crippen molar-refractivity contribution in [3.05, 3.63) is 69.9 Å². The zero-order valence-corrected chi connectivity index (χ0v) is 12.6. The van der Waals surface area contributed by atoms with Crippen LogP contribution in [-0.2, 0) is 4.74 Å². The van der Waals surface area contributed by atoms with Crippen LogP contribution < -0.4 is 5.73 Å². The van der Waals surface area contributed by atoms with Crippen LogP contribution >= 0.6 is 0 Å². The molecule has 9 nitrogen and oxygen atoms in total. The van der Waals surface area contributed by atoms with E-state index in [9.17, 15) is 15.4 Å². The van der Waals surface area contributed by atoms with E-state index in [0.29, 0.717) is 17.0 Å². The summed E-state index contributed by atoms with van der Waals surface area (Å²) in [5.74, 6) is -0.442.